The maximum Gasteiger partial charge on any atom is 0.303 e. The van der Waals surface area contributed by atoms with Gasteiger partial charge in [-0.15, -0.1) is 0 Å². The van der Waals surface area contributed by atoms with Crippen molar-refractivity contribution in [2.45, 2.75) is 32.6 Å². The van der Waals surface area contributed by atoms with Gasteiger partial charge in [0, 0.05) is 38.0 Å². The molecule has 0 unspecified atom stereocenters. The molecule has 0 bridgehead atoms. The molecule has 21 heavy (non-hydrogen) atoms. The zero-order valence-corrected chi connectivity index (χ0v) is 13.6. The summed E-state index contributed by atoms with van der Waals surface area (Å²) in [6, 6.07) is 7.95. The molecule has 114 valence electrons. The minimum absolute atomic E-state index is 0.361. The third-order valence-corrected chi connectivity index (χ3v) is 4.05. The van der Waals surface area contributed by atoms with Gasteiger partial charge in [-0.3, -0.25) is 14.5 Å². The van der Waals surface area contributed by atoms with Crippen molar-refractivity contribution in [1.82, 2.24) is 4.90 Å². The first-order valence-corrected chi connectivity index (χ1v) is 7.55. The molecule has 1 aliphatic rings. The first kappa shape index (κ1) is 16.0. The zero-order chi connectivity index (χ0) is 15.4. The lowest BCUT2D eigenvalue weighted by Gasteiger charge is -2.17. The third kappa shape index (κ3) is 4.54. The molecule has 0 aliphatic carbocycles. The molecule has 5 nitrogen and oxygen atoms in total. The Morgan fingerprint density at radius 2 is 1.67 bits per heavy atom. The van der Waals surface area contributed by atoms with Gasteiger partial charge in [0.1, 0.15) is 0 Å². The van der Waals surface area contributed by atoms with Crippen molar-refractivity contribution in [2.24, 2.45) is 0 Å². The van der Waals surface area contributed by atoms with E-state index in [0.717, 1.165) is 10.0 Å². The fourth-order valence-electron chi connectivity index (χ4n) is 2.47. The van der Waals surface area contributed by atoms with E-state index in [-0.39, 0.29) is 11.9 Å². The van der Waals surface area contributed by atoms with Gasteiger partial charge >= 0.3 is 11.9 Å². The molecule has 1 heterocycles. The van der Waals surface area contributed by atoms with Crippen LogP contribution < -0.4 is 0 Å². The summed E-state index contributed by atoms with van der Waals surface area (Å²) in [4.78, 5) is 24.4. The van der Waals surface area contributed by atoms with Gasteiger partial charge < -0.3 is 9.47 Å². The van der Waals surface area contributed by atoms with E-state index in [1.807, 2.05) is 24.3 Å². The van der Waals surface area contributed by atoms with Crippen LogP contribution in [0.4, 0.5) is 0 Å². The summed E-state index contributed by atoms with van der Waals surface area (Å²) in [5.41, 5.74) is 1.14. The number of nitrogens with zero attached hydrogens (tertiary/aromatic N) is 1. The Morgan fingerprint density at radius 1 is 1.14 bits per heavy atom. The van der Waals surface area contributed by atoms with Crippen LogP contribution in [0.25, 0.3) is 0 Å². The van der Waals surface area contributed by atoms with Crippen molar-refractivity contribution < 1.29 is 19.1 Å². The smallest absolute Gasteiger partial charge is 0.303 e. The fourth-order valence-corrected chi connectivity index (χ4v) is 2.88. The molecular formula is C15H18BrNO4. The summed E-state index contributed by atoms with van der Waals surface area (Å²) < 4.78 is 11.5. The normalized spacial score (nSPS) is 22.0. The Balaban J connectivity index is 2.04. The second kappa shape index (κ2) is 7.04. The Morgan fingerprint density at radius 3 is 2.14 bits per heavy atom. The quantitative estimate of drug-likeness (QED) is 0.774. The fraction of sp³-hybridized carbons (Fsp3) is 0.467. The van der Waals surface area contributed by atoms with Crippen LogP contribution in [0.1, 0.15) is 19.4 Å². The Hall–Kier alpha value is -1.40. The second-order valence-corrected chi connectivity index (χ2v) is 5.94. The van der Waals surface area contributed by atoms with Crippen molar-refractivity contribution in [2.75, 3.05) is 13.1 Å². The van der Waals surface area contributed by atoms with Crippen LogP contribution in [0.5, 0.6) is 0 Å². The predicted octanol–water partition coefficient (Wildman–Crippen LogP) is 2.13. The standard InChI is InChI=1S/C15H18BrNO4/c1-10(18)20-14-8-17(9-15(14)21-11(2)19)7-12-5-3-4-6-13(12)16/h3-6,14-15H,7-9H2,1-2H3/t14-,15-/m0/s1. The first-order chi connectivity index (χ1) is 9.95. The van der Waals surface area contributed by atoms with E-state index < -0.39 is 12.2 Å². The van der Waals surface area contributed by atoms with E-state index in [2.05, 4.69) is 20.8 Å². The van der Waals surface area contributed by atoms with E-state index >= 15 is 0 Å². The molecule has 0 N–H and O–H groups in total. The van der Waals surface area contributed by atoms with Crippen LogP contribution in [0, 0.1) is 0 Å². The zero-order valence-electron chi connectivity index (χ0n) is 12.0. The van der Waals surface area contributed by atoms with Crippen molar-refractivity contribution in [3.63, 3.8) is 0 Å². The van der Waals surface area contributed by atoms with E-state index in [1.165, 1.54) is 13.8 Å². The minimum atomic E-state index is -0.408. The summed E-state index contributed by atoms with van der Waals surface area (Å²) in [5.74, 6) is -0.722. The number of esters is 2. The number of ether oxygens (including phenoxy) is 2. The number of carbonyl (C=O) groups is 2. The van der Waals surface area contributed by atoms with Gasteiger partial charge in [0.2, 0.25) is 0 Å². The summed E-state index contributed by atoms with van der Waals surface area (Å²) in [6.07, 6.45) is -0.817. The molecule has 2 rings (SSSR count). The number of hydrogen-bond acceptors (Lipinski definition) is 5. The molecule has 0 amide bonds. The van der Waals surface area contributed by atoms with Crippen LogP contribution in [-0.4, -0.2) is 42.1 Å². The summed E-state index contributed by atoms with van der Waals surface area (Å²) in [7, 11) is 0. The lowest BCUT2D eigenvalue weighted by Crippen LogP contribution is -2.32. The SMILES string of the molecule is CC(=O)O[C@H]1CN(Cc2ccccc2Br)C[C@@H]1OC(C)=O. The first-order valence-electron chi connectivity index (χ1n) is 6.76. The molecule has 0 spiro atoms. The molecule has 1 fully saturated rings. The van der Waals surface area contributed by atoms with Crippen LogP contribution in [-0.2, 0) is 25.6 Å². The highest BCUT2D eigenvalue weighted by molar-refractivity contribution is 9.10. The molecule has 1 aromatic carbocycles. The number of halogens is 1. The molecule has 1 saturated heterocycles. The maximum absolute atomic E-state index is 11.2. The lowest BCUT2D eigenvalue weighted by molar-refractivity contribution is -0.160. The Bertz CT molecular complexity index is 510. The largest absolute Gasteiger partial charge is 0.457 e. The molecule has 1 aliphatic heterocycles. The van der Waals surface area contributed by atoms with Gasteiger partial charge in [-0.25, -0.2) is 0 Å². The average Bonchev–Trinajstić information content (AvgIpc) is 2.72. The second-order valence-electron chi connectivity index (χ2n) is 5.08. The van der Waals surface area contributed by atoms with Crippen LogP contribution >= 0.6 is 15.9 Å². The number of rotatable bonds is 4. The summed E-state index contributed by atoms with van der Waals surface area (Å²) in [5, 5.41) is 0. The maximum atomic E-state index is 11.2. The molecule has 6 heteroatoms. The van der Waals surface area contributed by atoms with Gasteiger partial charge in [-0.1, -0.05) is 34.1 Å². The molecule has 0 saturated carbocycles. The van der Waals surface area contributed by atoms with Gasteiger partial charge in [-0.05, 0) is 11.6 Å². The van der Waals surface area contributed by atoms with Crippen molar-refractivity contribution in [3.8, 4) is 0 Å². The highest BCUT2D eigenvalue weighted by Gasteiger charge is 2.37. The molecule has 0 radical (unpaired) electrons. The van der Waals surface area contributed by atoms with Crippen molar-refractivity contribution in [3.05, 3.63) is 34.3 Å². The number of benzene rings is 1. The van der Waals surface area contributed by atoms with E-state index in [4.69, 9.17) is 9.47 Å². The summed E-state index contributed by atoms with van der Waals surface area (Å²) in [6.45, 7) is 4.54. The average molecular weight is 356 g/mol. The van der Waals surface area contributed by atoms with Crippen LogP contribution in [0.2, 0.25) is 0 Å². The highest BCUT2D eigenvalue weighted by Crippen LogP contribution is 2.23. The van der Waals surface area contributed by atoms with Gasteiger partial charge in [-0.2, -0.15) is 0 Å². The summed E-state index contributed by atoms with van der Waals surface area (Å²) >= 11 is 3.52. The number of hydrogen-bond donors (Lipinski definition) is 0. The molecule has 1 aromatic rings. The van der Waals surface area contributed by atoms with Crippen LogP contribution in [0.3, 0.4) is 0 Å². The Labute approximate surface area is 132 Å². The van der Waals surface area contributed by atoms with Crippen molar-refractivity contribution >= 4 is 27.9 Å². The van der Waals surface area contributed by atoms with Gasteiger partial charge in [0.15, 0.2) is 12.2 Å². The number of likely N-dealkylation sites (tertiary alicyclic amines) is 1. The minimum Gasteiger partial charge on any atom is -0.457 e. The van der Waals surface area contributed by atoms with E-state index in [9.17, 15) is 9.59 Å². The molecule has 0 aromatic heterocycles. The third-order valence-electron chi connectivity index (χ3n) is 3.28. The van der Waals surface area contributed by atoms with Crippen molar-refractivity contribution in [1.29, 1.82) is 0 Å². The van der Waals surface area contributed by atoms with E-state index in [0.29, 0.717) is 19.6 Å². The molecule has 2 atom stereocenters. The van der Waals surface area contributed by atoms with Crippen LogP contribution in [0.15, 0.2) is 28.7 Å². The van der Waals surface area contributed by atoms with Gasteiger partial charge in [0.05, 0.1) is 0 Å². The highest BCUT2D eigenvalue weighted by atomic mass is 79.9. The number of carbonyl (C=O) groups excluding carboxylic acids is 2. The van der Waals surface area contributed by atoms with E-state index in [1.54, 1.807) is 0 Å². The molecular weight excluding hydrogens is 338 g/mol. The Kier molecular flexibility index (Phi) is 5.36. The monoisotopic (exact) mass is 355 g/mol. The lowest BCUT2D eigenvalue weighted by atomic mass is 10.2. The predicted molar refractivity (Wildman–Crippen MR) is 80.5 cm³/mol. The topological polar surface area (TPSA) is 55.8 Å². The van der Waals surface area contributed by atoms with Gasteiger partial charge in [0.25, 0.3) is 0 Å².